The van der Waals surface area contributed by atoms with Crippen molar-refractivity contribution in [2.24, 2.45) is 5.92 Å². The summed E-state index contributed by atoms with van der Waals surface area (Å²) in [5.41, 5.74) is 1.37. The molecule has 0 spiro atoms. The number of piperidine rings is 1. The number of H-pyrrole nitrogens is 1. The summed E-state index contributed by atoms with van der Waals surface area (Å²) in [4.78, 5) is 14.9. The Morgan fingerprint density at radius 2 is 2.32 bits per heavy atom. The summed E-state index contributed by atoms with van der Waals surface area (Å²) >= 11 is 0. The number of aromatic nitrogens is 2. The fraction of sp³-hybridized carbons (Fsp3) is 0.529. The van der Waals surface area contributed by atoms with Crippen LogP contribution in [0.3, 0.4) is 0 Å². The molecule has 1 aliphatic heterocycles. The molecule has 0 saturated carbocycles. The van der Waals surface area contributed by atoms with Gasteiger partial charge in [-0.25, -0.2) is 0 Å². The van der Waals surface area contributed by atoms with Gasteiger partial charge in [0.15, 0.2) is 5.69 Å². The molecule has 1 aromatic heterocycles. The predicted octanol–water partition coefficient (Wildman–Crippen LogP) is 2.41. The largest absolute Gasteiger partial charge is 0.347 e. The molecule has 1 aliphatic rings. The average Bonchev–Trinajstić information content (AvgIpc) is 2.91. The van der Waals surface area contributed by atoms with Gasteiger partial charge in [-0.05, 0) is 38.3 Å². The number of aromatic amines is 1. The lowest BCUT2D eigenvalue weighted by Gasteiger charge is -2.32. The summed E-state index contributed by atoms with van der Waals surface area (Å²) in [6.45, 7) is 7.52. The molecule has 2 unspecified atom stereocenters. The fourth-order valence-electron chi connectivity index (χ4n) is 3.31. The Labute approximate surface area is 131 Å². The maximum atomic E-state index is 12.4. The van der Waals surface area contributed by atoms with Crippen LogP contribution >= 0.6 is 0 Å². The summed E-state index contributed by atoms with van der Waals surface area (Å²) in [5.74, 6) is 0.655. The predicted molar refractivity (Wildman–Crippen MR) is 87.9 cm³/mol. The van der Waals surface area contributed by atoms with Crippen molar-refractivity contribution >= 4 is 16.8 Å². The third-order valence-corrected chi connectivity index (χ3v) is 4.34. The lowest BCUT2D eigenvalue weighted by molar-refractivity contribution is 0.0916. The summed E-state index contributed by atoms with van der Waals surface area (Å²) in [6.07, 6.45) is 2.57. The minimum Gasteiger partial charge on any atom is -0.347 e. The van der Waals surface area contributed by atoms with E-state index in [4.69, 9.17) is 0 Å². The number of benzene rings is 1. The van der Waals surface area contributed by atoms with Crippen LogP contribution in [0.25, 0.3) is 10.9 Å². The van der Waals surface area contributed by atoms with Crippen LogP contribution in [0.2, 0.25) is 0 Å². The third-order valence-electron chi connectivity index (χ3n) is 4.34. The van der Waals surface area contributed by atoms with Gasteiger partial charge in [-0.1, -0.05) is 25.1 Å². The van der Waals surface area contributed by atoms with E-state index >= 15 is 0 Å². The highest BCUT2D eigenvalue weighted by molar-refractivity contribution is 6.04. The average molecular weight is 300 g/mol. The van der Waals surface area contributed by atoms with Crippen LogP contribution in [0.4, 0.5) is 0 Å². The lowest BCUT2D eigenvalue weighted by atomic mass is 10.00. The molecule has 0 radical (unpaired) electrons. The first-order valence-corrected chi connectivity index (χ1v) is 8.10. The molecular weight excluding hydrogens is 276 g/mol. The zero-order chi connectivity index (χ0) is 15.5. The Morgan fingerprint density at radius 3 is 3.14 bits per heavy atom. The zero-order valence-electron chi connectivity index (χ0n) is 13.3. The molecule has 0 bridgehead atoms. The van der Waals surface area contributed by atoms with Crippen molar-refractivity contribution in [3.63, 3.8) is 0 Å². The molecule has 5 heteroatoms. The second kappa shape index (κ2) is 6.48. The maximum absolute atomic E-state index is 12.4. The first-order chi connectivity index (χ1) is 10.6. The number of likely N-dealkylation sites (tertiary alicyclic amines) is 1. The highest BCUT2D eigenvalue weighted by atomic mass is 16.2. The van der Waals surface area contributed by atoms with Gasteiger partial charge in [-0.2, -0.15) is 5.10 Å². The SMILES string of the molecule is CC1CCCN(CC(C)NC(=O)c2n[nH]c3ccccc23)C1. The number of fused-ring (bicyclic) bond motifs is 1. The molecule has 5 nitrogen and oxygen atoms in total. The number of nitrogens with zero attached hydrogens (tertiary/aromatic N) is 2. The van der Waals surface area contributed by atoms with Crippen molar-refractivity contribution in [3.05, 3.63) is 30.0 Å². The summed E-state index contributed by atoms with van der Waals surface area (Å²) < 4.78 is 0. The first-order valence-electron chi connectivity index (χ1n) is 8.10. The first kappa shape index (κ1) is 15.0. The zero-order valence-corrected chi connectivity index (χ0v) is 13.3. The van der Waals surface area contributed by atoms with Crippen molar-refractivity contribution < 1.29 is 4.79 Å². The van der Waals surface area contributed by atoms with Gasteiger partial charge in [0.05, 0.1) is 5.52 Å². The third kappa shape index (κ3) is 3.30. The van der Waals surface area contributed by atoms with Crippen LogP contribution in [-0.2, 0) is 0 Å². The molecule has 1 saturated heterocycles. The van der Waals surface area contributed by atoms with E-state index in [0.717, 1.165) is 36.5 Å². The van der Waals surface area contributed by atoms with Gasteiger partial charge in [0, 0.05) is 24.5 Å². The molecule has 22 heavy (non-hydrogen) atoms. The Hall–Kier alpha value is -1.88. The van der Waals surface area contributed by atoms with E-state index in [2.05, 4.69) is 34.3 Å². The summed E-state index contributed by atoms with van der Waals surface area (Å²) in [6, 6.07) is 7.83. The quantitative estimate of drug-likeness (QED) is 0.911. The minimum absolute atomic E-state index is 0.102. The van der Waals surface area contributed by atoms with Gasteiger partial charge < -0.3 is 10.2 Å². The van der Waals surface area contributed by atoms with E-state index in [-0.39, 0.29) is 11.9 Å². The van der Waals surface area contributed by atoms with Crippen LogP contribution in [0, 0.1) is 5.92 Å². The van der Waals surface area contributed by atoms with E-state index in [1.54, 1.807) is 0 Å². The number of amides is 1. The molecule has 1 fully saturated rings. The molecule has 2 atom stereocenters. The van der Waals surface area contributed by atoms with E-state index < -0.39 is 0 Å². The molecule has 0 aliphatic carbocycles. The topological polar surface area (TPSA) is 61.0 Å². The number of nitrogens with one attached hydrogen (secondary N) is 2. The van der Waals surface area contributed by atoms with E-state index in [0.29, 0.717) is 5.69 Å². The monoisotopic (exact) mass is 300 g/mol. The van der Waals surface area contributed by atoms with E-state index in [9.17, 15) is 4.79 Å². The van der Waals surface area contributed by atoms with Crippen LogP contribution in [0.5, 0.6) is 0 Å². The van der Waals surface area contributed by atoms with Gasteiger partial charge >= 0.3 is 0 Å². The highest BCUT2D eigenvalue weighted by Gasteiger charge is 2.20. The number of hydrogen-bond acceptors (Lipinski definition) is 3. The van der Waals surface area contributed by atoms with E-state index in [1.807, 2.05) is 24.3 Å². The molecule has 2 heterocycles. The molecule has 1 aromatic carbocycles. The van der Waals surface area contributed by atoms with Gasteiger partial charge in [0.25, 0.3) is 5.91 Å². The second-order valence-electron chi connectivity index (χ2n) is 6.50. The van der Waals surface area contributed by atoms with E-state index in [1.165, 1.54) is 12.8 Å². The van der Waals surface area contributed by atoms with Crippen molar-refractivity contribution in [2.75, 3.05) is 19.6 Å². The van der Waals surface area contributed by atoms with Crippen LogP contribution in [-0.4, -0.2) is 46.7 Å². The van der Waals surface area contributed by atoms with Crippen LogP contribution in [0.15, 0.2) is 24.3 Å². The van der Waals surface area contributed by atoms with Gasteiger partial charge in [-0.15, -0.1) is 0 Å². The maximum Gasteiger partial charge on any atom is 0.272 e. The second-order valence-corrected chi connectivity index (χ2v) is 6.50. The summed E-state index contributed by atoms with van der Waals surface area (Å²) in [5, 5.41) is 11.0. The van der Waals surface area contributed by atoms with Crippen LogP contribution < -0.4 is 5.32 Å². The number of hydrogen-bond donors (Lipinski definition) is 2. The molecule has 1 amide bonds. The molecular formula is C17H24N4O. The molecule has 2 aromatic rings. The molecule has 3 rings (SSSR count). The Bertz CT molecular complexity index is 651. The van der Waals surface area contributed by atoms with Gasteiger partial charge in [0.1, 0.15) is 0 Å². The minimum atomic E-state index is -0.102. The van der Waals surface area contributed by atoms with Crippen molar-refractivity contribution in [1.82, 2.24) is 20.4 Å². The van der Waals surface area contributed by atoms with Gasteiger partial charge in [0.2, 0.25) is 0 Å². The Kier molecular flexibility index (Phi) is 4.43. The number of carbonyl (C=O) groups excluding carboxylic acids is 1. The normalized spacial score (nSPS) is 20.9. The lowest BCUT2D eigenvalue weighted by Crippen LogP contribution is -2.45. The van der Waals surface area contributed by atoms with Gasteiger partial charge in [-0.3, -0.25) is 9.89 Å². The molecule has 118 valence electrons. The van der Waals surface area contributed by atoms with Crippen LogP contribution in [0.1, 0.15) is 37.2 Å². The highest BCUT2D eigenvalue weighted by Crippen LogP contribution is 2.17. The Morgan fingerprint density at radius 1 is 1.50 bits per heavy atom. The van der Waals surface area contributed by atoms with Crippen molar-refractivity contribution in [1.29, 1.82) is 0 Å². The fourth-order valence-corrected chi connectivity index (χ4v) is 3.31. The Balaban J connectivity index is 1.61. The van der Waals surface area contributed by atoms with Crippen molar-refractivity contribution in [2.45, 2.75) is 32.7 Å². The number of carbonyl (C=O) groups is 1. The summed E-state index contributed by atoms with van der Waals surface area (Å²) in [7, 11) is 0. The number of rotatable bonds is 4. The standard InChI is InChI=1S/C17H24N4O/c1-12-6-5-9-21(10-12)11-13(2)18-17(22)16-14-7-3-4-8-15(14)19-20-16/h3-4,7-8,12-13H,5-6,9-11H2,1-2H3,(H,18,22)(H,19,20). The molecule has 2 N–H and O–H groups in total. The smallest absolute Gasteiger partial charge is 0.272 e. The van der Waals surface area contributed by atoms with Crippen molar-refractivity contribution in [3.8, 4) is 0 Å². The number of para-hydroxylation sites is 1.